The van der Waals surface area contributed by atoms with E-state index in [1.165, 1.54) is 11.8 Å². The second-order valence-corrected chi connectivity index (χ2v) is 5.83. The van der Waals surface area contributed by atoms with Crippen molar-refractivity contribution in [3.63, 3.8) is 0 Å². The number of pyridine rings is 1. The van der Waals surface area contributed by atoms with Crippen LogP contribution in [0.25, 0.3) is 11.4 Å². The third-order valence-corrected chi connectivity index (χ3v) is 4.14. The van der Waals surface area contributed by atoms with Gasteiger partial charge in [0.1, 0.15) is 5.03 Å². The van der Waals surface area contributed by atoms with Crippen LogP contribution in [0.15, 0.2) is 52.1 Å². The van der Waals surface area contributed by atoms with Gasteiger partial charge in [-0.3, -0.25) is 0 Å². The summed E-state index contributed by atoms with van der Waals surface area (Å²) in [4.78, 5) is 20.5. The van der Waals surface area contributed by atoms with Crippen molar-refractivity contribution in [2.75, 3.05) is 6.26 Å². The molecule has 0 unspecified atom stereocenters. The molecule has 0 radical (unpaired) electrons. The number of aromatic nitrogens is 3. The van der Waals surface area contributed by atoms with Gasteiger partial charge < -0.3 is 9.26 Å². The molecule has 6 nitrogen and oxygen atoms in total. The molecule has 8 heteroatoms. The van der Waals surface area contributed by atoms with Gasteiger partial charge in [0.05, 0.1) is 10.6 Å². The number of carbonyl (C=O) groups is 1. The molecule has 2 heterocycles. The molecular weight excluding hydrogens is 350 g/mol. The van der Waals surface area contributed by atoms with E-state index in [1.807, 2.05) is 18.4 Å². The van der Waals surface area contributed by atoms with Crippen molar-refractivity contribution < 1.29 is 14.1 Å². The molecule has 0 spiro atoms. The minimum absolute atomic E-state index is 0.126. The molecule has 3 rings (SSSR count). The molecule has 1 aromatic carbocycles. The zero-order valence-electron chi connectivity index (χ0n) is 12.6. The van der Waals surface area contributed by atoms with Gasteiger partial charge in [-0.25, -0.2) is 9.78 Å². The third-order valence-electron chi connectivity index (χ3n) is 3.09. The number of nitrogens with zero attached hydrogens (tertiary/aromatic N) is 3. The van der Waals surface area contributed by atoms with Gasteiger partial charge in [0.2, 0.25) is 5.82 Å². The Morgan fingerprint density at radius 2 is 2.12 bits per heavy atom. The number of ether oxygens (including phenoxy) is 1. The largest absolute Gasteiger partial charge is 0.452 e. The molecule has 0 N–H and O–H groups in total. The van der Waals surface area contributed by atoms with Crippen LogP contribution in [-0.2, 0) is 11.3 Å². The second-order valence-electron chi connectivity index (χ2n) is 4.63. The van der Waals surface area contributed by atoms with Crippen LogP contribution in [0.5, 0.6) is 0 Å². The summed E-state index contributed by atoms with van der Waals surface area (Å²) < 4.78 is 10.3. The summed E-state index contributed by atoms with van der Waals surface area (Å²) in [6.45, 7) is -0.126. The average Bonchev–Trinajstić information content (AvgIpc) is 3.08. The number of rotatable bonds is 5. The van der Waals surface area contributed by atoms with E-state index in [1.54, 1.807) is 30.5 Å². The van der Waals surface area contributed by atoms with E-state index in [0.717, 1.165) is 0 Å². The Kier molecular flexibility index (Phi) is 5.12. The Balaban J connectivity index is 1.70. The monoisotopic (exact) mass is 361 g/mol. The molecule has 0 atom stereocenters. The Morgan fingerprint density at radius 3 is 2.92 bits per heavy atom. The molecule has 0 fully saturated rings. The van der Waals surface area contributed by atoms with Crippen LogP contribution in [0, 0.1) is 0 Å². The molecule has 0 saturated heterocycles. The minimum Gasteiger partial charge on any atom is -0.452 e. The highest BCUT2D eigenvalue weighted by Crippen LogP contribution is 2.25. The van der Waals surface area contributed by atoms with Crippen molar-refractivity contribution in [3.8, 4) is 11.4 Å². The van der Waals surface area contributed by atoms with Gasteiger partial charge in [-0.15, -0.1) is 11.8 Å². The molecule has 0 aliphatic heterocycles. The zero-order chi connectivity index (χ0) is 16.9. The van der Waals surface area contributed by atoms with Gasteiger partial charge >= 0.3 is 5.97 Å². The topological polar surface area (TPSA) is 78.1 Å². The summed E-state index contributed by atoms with van der Waals surface area (Å²) in [6.07, 6.45) is 3.46. The predicted octanol–water partition coefficient (Wildman–Crippen LogP) is 3.86. The number of carbonyl (C=O) groups excluding carboxylic acids is 1. The average molecular weight is 362 g/mol. The molecule has 2 aromatic heterocycles. The smallest absolute Gasteiger partial charge is 0.341 e. The van der Waals surface area contributed by atoms with E-state index >= 15 is 0 Å². The Hall–Kier alpha value is -2.38. The fourth-order valence-corrected chi connectivity index (χ4v) is 2.74. The zero-order valence-corrected chi connectivity index (χ0v) is 14.2. The molecule has 122 valence electrons. The van der Waals surface area contributed by atoms with Crippen molar-refractivity contribution in [2.24, 2.45) is 0 Å². The van der Waals surface area contributed by atoms with Gasteiger partial charge in [-0.2, -0.15) is 4.98 Å². The lowest BCUT2D eigenvalue weighted by Crippen LogP contribution is -2.07. The first-order valence-corrected chi connectivity index (χ1v) is 8.53. The summed E-state index contributed by atoms with van der Waals surface area (Å²) in [5.41, 5.74) is 1.05. The number of thioether (sulfide) groups is 1. The quantitative estimate of drug-likeness (QED) is 0.504. The first-order chi connectivity index (χ1) is 11.7. The lowest BCUT2D eigenvalue weighted by atomic mass is 10.2. The van der Waals surface area contributed by atoms with Crippen LogP contribution in [0.2, 0.25) is 5.02 Å². The SMILES string of the molecule is CSc1ncccc1C(=O)OCc1nc(-c2ccccc2Cl)no1. The van der Waals surface area contributed by atoms with Crippen molar-refractivity contribution in [3.05, 3.63) is 59.1 Å². The number of hydrogen-bond donors (Lipinski definition) is 0. The third kappa shape index (κ3) is 3.58. The lowest BCUT2D eigenvalue weighted by molar-refractivity contribution is 0.0425. The fourth-order valence-electron chi connectivity index (χ4n) is 1.98. The van der Waals surface area contributed by atoms with Gasteiger partial charge in [-0.05, 0) is 30.5 Å². The van der Waals surface area contributed by atoms with Gasteiger partial charge in [0, 0.05) is 11.8 Å². The van der Waals surface area contributed by atoms with Crippen molar-refractivity contribution in [1.29, 1.82) is 0 Å². The molecule has 0 bridgehead atoms. The van der Waals surface area contributed by atoms with E-state index in [0.29, 0.717) is 27.0 Å². The molecule has 24 heavy (non-hydrogen) atoms. The minimum atomic E-state index is -0.495. The predicted molar refractivity (Wildman–Crippen MR) is 89.9 cm³/mol. The lowest BCUT2D eigenvalue weighted by Gasteiger charge is -2.04. The maximum Gasteiger partial charge on any atom is 0.341 e. The highest BCUT2D eigenvalue weighted by Gasteiger charge is 2.16. The van der Waals surface area contributed by atoms with E-state index in [2.05, 4.69) is 15.1 Å². The van der Waals surface area contributed by atoms with E-state index in [4.69, 9.17) is 20.9 Å². The second kappa shape index (κ2) is 7.46. The van der Waals surface area contributed by atoms with Crippen LogP contribution in [0.4, 0.5) is 0 Å². The van der Waals surface area contributed by atoms with Crippen molar-refractivity contribution in [1.82, 2.24) is 15.1 Å². The van der Waals surface area contributed by atoms with Crippen LogP contribution in [-0.4, -0.2) is 27.3 Å². The Labute approximate surface area is 147 Å². The summed E-state index contributed by atoms with van der Waals surface area (Å²) in [7, 11) is 0. The Bertz CT molecular complexity index is 869. The molecule has 0 amide bonds. The number of benzene rings is 1. The molecule has 3 aromatic rings. The van der Waals surface area contributed by atoms with Gasteiger partial charge in [0.15, 0.2) is 6.61 Å². The van der Waals surface area contributed by atoms with Crippen molar-refractivity contribution in [2.45, 2.75) is 11.6 Å². The summed E-state index contributed by atoms with van der Waals surface area (Å²) in [5, 5.41) is 4.97. The maximum atomic E-state index is 12.1. The molecular formula is C16H12ClN3O3S. The summed E-state index contributed by atoms with van der Waals surface area (Å²) in [6, 6.07) is 10.5. The first-order valence-electron chi connectivity index (χ1n) is 6.92. The van der Waals surface area contributed by atoms with Crippen LogP contribution >= 0.6 is 23.4 Å². The van der Waals surface area contributed by atoms with E-state index < -0.39 is 5.97 Å². The van der Waals surface area contributed by atoms with Gasteiger partial charge in [0.25, 0.3) is 5.89 Å². The highest BCUT2D eigenvalue weighted by molar-refractivity contribution is 7.98. The standard InChI is InChI=1S/C16H12ClN3O3S/c1-24-15-11(6-4-8-18-15)16(21)22-9-13-19-14(20-23-13)10-5-2-3-7-12(10)17/h2-8H,9H2,1H3. The van der Waals surface area contributed by atoms with Crippen LogP contribution < -0.4 is 0 Å². The fraction of sp³-hybridized carbons (Fsp3) is 0.125. The van der Waals surface area contributed by atoms with Crippen molar-refractivity contribution >= 4 is 29.3 Å². The Morgan fingerprint density at radius 1 is 1.29 bits per heavy atom. The number of hydrogen-bond acceptors (Lipinski definition) is 7. The van der Waals surface area contributed by atoms with Crippen LogP contribution in [0.1, 0.15) is 16.2 Å². The normalized spacial score (nSPS) is 10.6. The maximum absolute atomic E-state index is 12.1. The molecule has 0 aliphatic carbocycles. The first kappa shape index (κ1) is 16.5. The summed E-state index contributed by atoms with van der Waals surface area (Å²) >= 11 is 7.46. The molecule has 0 aliphatic rings. The van der Waals surface area contributed by atoms with Gasteiger partial charge in [-0.1, -0.05) is 28.9 Å². The van der Waals surface area contributed by atoms with E-state index in [-0.39, 0.29) is 12.5 Å². The number of esters is 1. The highest BCUT2D eigenvalue weighted by atomic mass is 35.5. The van der Waals surface area contributed by atoms with E-state index in [9.17, 15) is 4.79 Å². The summed E-state index contributed by atoms with van der Waals surface area (Å²) in [5.74, 6) is 0.0376. The van der Waals surface area contributed by atoms with Crippen LogP contribution in [0.3, 0.4) is 0 Å². The molecule has 0 saturated carbocycles. The number of halogens is 1.